The van der Waals surface area contributed by atoms with Crippen molar-refractivity contribution >= 4 is 5.97 Å². The van der Waals surface area contributed by atoms with Gasteiger partial charge in [0.2, 0.25) is 5.89 Å². The fraction of sp³-hybridized carbons (Fsp3) is 0.429. The first-order chi connectivity index (χ1) is 16.5. The Balaban J connectivity index is 1.30. The number of esters is 1. The van der Waals surface area contributed by atoms with Crippen LogP contribution in [0.5, 0.6) is 5.75 Å². The Labute approximate surface area is 201 Å². The van der Waals surface area contributed by atoms with Gasteiger partial charge in [0, 0.05) is 18.5 Å². The lowest BCUT2D eigenvalue weighted by Gasteiger charge is -2.33. The van der Waals surface area contributed by atoms with E-state index in [2.05, 4.69) is 41.1 Å². The summed E-state index contributed by atoms with van der Waals surface area (Å²) in [6.07, 6.45) is 3.74. The quantitative estimate of drug-likeness (QED) is 0.392. The van der Waals surface area contributed by atoms with Gasteiger partial charge in [-0.1, -0.05) is 36.2 Å². The van der Waals surface area contributed by atoms with Crippen LogP contribution in [0.15, 0.2) is 52.9 Å². The van der Waals surface area contributed by atoms with Gasteiger partial charge >= 0.3 is 5.97 Å². The van der Waals surface area contributed by atoms with Crippen LogP contribution in [0.3, 0.4) is 0 Å². The summed E-state index contributed by atoms with van der Waals surface area (Å²) in [6.45, 7) is 8.48. The van der Waals surface area contributed by atoms with Crippen molar-refractivity contribution in [1.82, 2.24) is 9.88 Å². The van der Waals surface area contributed by atoms with Gasteiger partial charge in [0.05, 0.1) is 18.9 Å². The molecule has 1 aliphatic heterocycles. The summed E-state index contributed by atoms with van der Waals surface area (Å²) in [5.74, 6) is 2.20. The van der Waals surface area contributed by atoms with Gasteiger partial charge in [0.1, 0.15) is 17.6 Å². The lowest BCUT2D eigenvalue weighted by molar-refractivity contribution is -0.151. The normalized spacial score (nSPS) is 16.4. The molecule has 0 spiro atoms. The van der Waals surface area contributed by atoms with E-state index in [-0.39, 0.29) is 12.0 Å². The highest BCUT2D eigenvalue weighted by Crippen LogP contribution is 2.24. The molecule has 0 amide bonds. The van der Waals surface area contributed by atoms with Crippen LogP contribution in [0, 0.1) is 13.8 Å². The Morgan fingerprint density at radius 1 is 1.09 bits per heavy atom. The van der Waals surface area contributed by atoms with Gasteiger partial charge in [0.25, 0.3) is 0 Å². The van der Waals surface area contributed by atoms with Crippen LogP contribution in [0.4, 0.5) is 0 Å². The second-order valence-electron chi connectivity index (χ2n) is 8.86. The molecular weight excluding hydrogens is 428 g/mol. The number of hydrogen-bond acceptors (Lipinski definition) is 6. The minimum Gasteiger partial charge on any atom is -0.493 e. The number of rotatable bonds is 9. The molecule has 2 aromatic carbocycles. The molecule has 0 radical (unpaired) electrons. The van der Waals surface area contributed by atoms with Crippen molar-refractivity contribution in [3.63, 3.8) is 0 Å². The number of aromatic nitrogens is 1. The number of benzene rings is 2. The molecule has 0 N–H and O–H groups in total. The number of carbonyl (C=O) groups is 1. The SMILES string of the molecule is CCOC(=O)[C@@H]1CCCCN1Cc1ccc(OCCc2nc(-c3ccc(C)cc3)oc2C)cc1. The Bertz CT molecular complexity index is 1070. The fourth-order valence-electron chi connectivity index (χ4n) is 4.36. The van der Waals surface area contributed by atoms with E-state index >= 15 is 0 Å². The van der Waals surface area contributed by atoms with Gasteiger partial charge in [-0.2, -0.15) is 0 Å². The average Bonchev–Trinajstić information content (AvgIpc) is 3.21. The third kappa shape index (κ3) is 6.06. The van der Waals surface area contributed by atoms with Crippen LogP contribution in [0.1, 0.15) is 48.8 Å². The van der Waals surface area contributed by atoms with E-state index < -0.39 is 0 Å². The zero-order valence-electron chi connectivity index (χ0n) is 20.4. The molecule has 0 aliphatic carbocycles. The summed E-state index contributed by atoms with van der Waals surface area (Å²) in [6, 6.07) is 16.2. The molecule has 3 aromatic rings. The van der Waals surface area contributed by atoms with Crippen molar-refractivity contribution in [2.45, 2.75) is 59.0 Å². The fourth-order valence-corrected chi connectivity index (χ4v) is 4.36. The van der Waals surface area contributed by atoms with Crippen LogP contribution < -0.4 is 4.74 Å². The maximum absolute atomic E-state index is 12.3. The minimum absolute atomic E-state index is 0.101. The van der Waals surface area contributed by atoms with Crippen molar-refractivity contribution in [2.24, 2.45) is 0 Å². The van der Waals surface area contributed by atoms with Crippen LogP contribution >= 0.6 is 0 Å². The molecule has 0 unspecified atom stereocenters. The summed E-state index contributed by atoms with van der Waals surface area (Å²) in [7, 11) is 0. The summed E-state index contributed by atoms with van der Waals surface area (Å²) >= 11 is 0. The molecule has 0 bridgehead atoms. The average molecular weight is 463 g/mol. The van der Waals surface area contributed by atoms with E-state index in [1.54, 1.807) is 0 Å². The molecule has 1 aliphatic rings. The largest absolute Gasteiger partial charge is 0.493 e. The second kappa shape index (κ2) is 11.3. The molecule has 0 saturated carbocycles. The van der Waals surface area contributed by atoms with E-state index in [4.69, 9.17) is 13.9 Å². The zero-order chi connectivity index (χ0) is 23.9. The van der Waals surface area contributed by atoms with E-state index in [1.807, 2.05) is 38.1 Å². The Hall–Kier alpha value is -3.12. The van der Waals surface area contributed by atoms with E-state index in [0.717, 1.165) is 55.1 Å². The maximum atomic E-state index is 12.3. The molecule has 6 nitrogen and oxygen atoms in total. The van der Waals surface area contributed by atoms with E-state index in [0.29, 0.717) is 25.5 Å². The minimum atomic E-state index is -0.139. The molecule has 6 heteroatoms. The first-order valence-electron chi connectivity index (χ1n) is 12.2. The lowest BCUT2D eigenvalue weighted by Crippen LogP contribution is -2.44. The number of nitrogens with zero attached hydrogens (tertiary/aromatic N) is 2. The zero-order valence-corrected chi connectivity index (χ0v) is 20.4. The number of ether oxygens (including phenoxy) is 2. The number of aryl methyl sites for hydroxylation is 2. The topological polar surface area (TPSA) is 64.8 Å². The first kappa shape index (κ1) is 24.0. The monoisotopic (exact) mass is 462 g/mol. The highest BCUT2D eigenvalue weighted by atomic mass is 16.5. The van der Waals surface area contributed by atoms with Crippen LogP contribution in [-0.2, 0) is 22.5 Å². The number of hydrogen-bond donors (Lipinski definition) is 0. The van der Waals surface area contributed by atoms with Gasteiger partial charge in [-0.05, 0) is 70.0 Å². The molecule has 1 saturated heterocycles. The summed E-state index contributed by atoms with van der Waals surface area (Å²) in [4.78, 5) is 19.2. The van der Waals surface area contributed by atoms with Crippen LogP contribution in [-0.4, -0.2) is 41.7 Å². The van der Waals surface area contributed by atoms with Crippen LogP contribution in [0.2, 0.25) is 0 Å². The highest BCUT2D eigenvalue weighted by molar-refractivity contribution is 5.75. The molecule has 1 aromatic heterocycles. The van der Waals surface area contributed by atoms with Crippen molar-refractivity contribution in [3.05, 3.63) is 71.1 Å². The number of oxazole rings is 1. The standard InChI is InChI=1S/C28H34N2O4/c1-4-32-28(31)26-7-5-6-17-30(26)19-22-10-14-24(15-11-22)33-18-16-25-21(3)34-27(29-25)23-12-8-20(2)9-13-23/h8-15,26H,4-7,16-19H2,1-3H3/t26-/m0/s1. The second-order valence-corrected chi connectivity index (χ2v) is 8.86. The van der Waals surface area contributed by atoms with Crippen LogP contribution in [0.25, 0.3) is 11.5 Å². The number of piperidine rings is 1. The molecule has 180 valence electrons. The summed E-state index contributed by atoms with van der Waals surface area (Å²) < 4.78 is 17.1. The van der Waals surface area contributed by atoms with Gasteiger partial charge in [-0.3, -0.25) is 9.69 Å². The molecule has 4 rings (SSSR count). The van der Waals surface area contributed by atoms with Crippen molar-refractivity contribution < 1.29 is 18.7 Å². The molecule has 1 atom stereocenters. The number of likely N-dealkylation sites (tertiary alicyclic amines) is 1. The van der Waals surface area contributed by atoms with Gasteiger partial charge < -0.3 is 13.9 Å². The van der Waals surface area contributed by atoms with Crippen molar-refractivity contribution in [3.8, 4) is 17.2 Å². The molecule has 34 heavy (non-hydrogen) atoms. The van der Waals surface area contributed by atoms with Gasteiger partial charge in [-0.15, -0.1) is 0 Å². The Morgan fingerprint density at radius 2 is 1.85 bits per heavy atom. The third-order valence-corrected chi connectivity index (χ3v) is 6.28. The Kier molecular flexibility index (Phi) is 8.01. The van der Waals surface area contributed by atoms with Gasteiger partial charge in [-0.25, -0.2) is 4.98 Å². The predicted octanol–water partition coefficient (Wildman–Crippen LogP) is 5.50. The highest BCUT2D eigenvalue weighted by Gasteiger charge is 2.29. The predicted molar refractivity (Wildman–Crippen MR) is 132 cm³/mol. The van der Waals surface area contributed by atoms with E-state index in [1.165, 1.54) is 11.1 Å². The first-order valence-corrected chi connectivity index (χ1v) is 12.2. The summed E-state index contributed by atoms with van der Waals surface area (Å²) in [5, 5.41) is 0. The third-order valence-electron chi connectivity index (χ3n) is 6.28. The summed E-state index contributed by atoms with van der Waals surface area (Å²) in [5.41, 5.74) is 4.28. The smallest absolute Gasteiger partial charge is 0.323 e. The molecule has 2 heterocycles. The lowest BCUT2D eigenvalue weighted by atomic mass is 10.0. The van der Waals surface area contributed by atoms with Crippen molar-refractivity contribution in [1.29, 1.82) is 0 Å². The van der Waals surface area contributed by atoms with Gasteiger partial charge in [0.15, 0.2) is 0 Å². The number of carbonyl (C=O) groups excluding carboxylic acids is 1. The molecular formula is C28H34N2O4. The maximum Gasteiger partial charge on any atom is 0.323 e. The molecule has 1 fully saturated rings. The Morgan fingerprint density at radius 3 is 2.59 bits per heavy atom. The van der Waals surface area contributed by atoms with E-state index in [9.17, 15) is 4.79 Å². The van der Waals surface area contributed by atoms with Crippen molar-refractivity contribution in [2.75, 3.05) is 19.8 Å².